The highest BCUT2D eigenvalue weighted by Crippen LogP contribution is 2.41. The summed E-state index contributed by atoms with van der Waals surface area (Å²) in [4.78, 5) is 23.6. The van der Waals surface area contributed by atoms with Crippen LogP contribution in [0.25, 0.3) is 0 Å². The number of carboxylic acid groups (broad SMARTS) is 1. The lowest BCUT2D eigenvalue weighted by atomic mass is 9.83. The van der Waals surface area contributed by atoms with Gasteiger partial charge in [0.1, 0.15) is 14.9 Å². The zero-order valence-corrected chi connectivity index (χ0v) is 15.3. The van der Waals surface area contributed by atoms with Crippen molar-refractivity contribution in [3.05, 3.63) is 12.7 Å². The quantitative estimate of drug-likeness (QED) is 0.406. The van der Waals surface area contributed by atoms with Crippen LogP contribution in [0.5, 0.6) is 0 Å². The van der Waals surface area contributed by atoms with Gasteiger partial charge in [0.15, 0.2) is 0 Å². The molecule has 120 valence electrons. The summed E-state index contributed by atoms with van der Waals surface area (Å²) < 4.78 is 4.69. The van der Waals surface area contributed by atoms with Crippen LogP contribution in [-0.2, 0) is 14.3 Å². The average Bonchev–Trinajstić information content (AvgIpc) is 2.34. The first-order chi connectivity index (χ1) is 9.59. The molecule has 0 aromatic heterocycles. The molecule has 0 aliphatic heterocycles. The number of carbonyl (C=O) groups is 2. The van der Waals surface area contributed by atoms with Crippen molar-refractivity contribution in [2.75, 3.05) is 12.4 Å². The smallest absolute Gasteiger partial charge is 0.322 e. The van der Waals surface area contributed by atoms with Gasteiger partial charge in [-0.25, -0.2) is 0 Å². The van der Waals surface area contributed by atoms with Gasteiger partial charge in [-0.1, -0.05) is 43.6 Å². The Labute approximate surface area is 140 Å². The summed E-state index contributed by atoms with van der Waals surface area (Å²) >= 11 is 7.89. The average molecular weight is 351 g/mol. The zero-order valence-electron chi connectivity index (χ0n) is 12.8. The molecule has 1 N–H and O–H groups in total. The number of carbonyl (C=O) groups excluding carboxylic acids is 1. The van der Waals surface area contributed by atoms with Crippen LogP contribution in [-0.4, -0.2) is 37.7 Å². The largest absolute Gasteiger partial charge is 0.481 e. The van der Waals surface area contributed by atoms with E-state index in [2.05, 4.69) is 6.58 Å². The van der Waals surface area contributed by atoms with Gasteiger partial charge in [0.25, 0.3) is 0 Å². The van der Waals surface area contributed by atoms with E-state index < -0.39 is 22.1 Å². The van der Waals surface area contributed by atoms with Crippen LogP contribution < -0.4 is 0 Å². The fraction of sp³-hybridized carbons (Fsp3) is 0.643. The first kappa shape index (κ1) is 20.5. The van der Waals surface area contributed by atoms with Crippen molar-refractivity contribution in [1.82, 2.24) is 0 Å². The van der Waals surface area contributed by atoms with Gasteiger partial charge in [-0.3, -0.25) is 9.59 Å². The van der Waals surface area contributed by atoms with Gasteiger partial charge < -0.3 is 9.84 Å². The van der Waals surface area contributed by atoms with E-state index >= 15 is 0 Å². The minimum atomic E-state index is -1.05. The standard InChI is InChI=1S/C14H22O4S3/c1-6-8-18-11(17)14(5,21-12(19)20-7-2)9-13(3,4)10(15)16/h6H,1,7-9H2,2-5H3,(H,15,16). The highest BCUT2D eigenvalue weighted by Gasteiger charge is 2.44. The van der Waals surface area contributed by atoms with Crippen molar-refractivity contribution in [2.24, 2.45) is 5.41 Å². The van der Waals surface area contributed by atoms with E-state index in [0.717, 1.165) is 5.75 Å². The molecule has 0 aromatic rings. The number of hydrogen-bond donors (Lipinski definition) is 1. The Morgan fingerprint density at radius 3 is 2.38 bits per heavy atom. The number of aliphatic carboxylic acids is 1. The fourth-order valence-electron chi connectivity index (χ4n) is 1.69. The van der Waals surface area contributed by atoms with Crippen molar-refractivity contribution in [3.63, 3.8) is 0 Å². The van der Waals surface area contributed by atoms with E-state index in [4.69, 9.17) is 17.0 Å². The summed E-state index contributed by atoms with van der Waals surface area (Å²) in [7, 11) is 0. The van der Waals surface area contributed by atoms with Crippen LogP contribution in [0, 0.1) is 5.41 Å². The maximum Gasteiger partial charge on any atom is 0.322 e. The van der Waals surface area contributed by atoms with Gasteiger partial charge in [0.2, 0.25) is 0 Å². The molecular weight excluding hydrogens is 328 g/mol. The number of thioether (sulfide) groups is 2. The van der Waals surface area contributed by atoms with Gasteiger partial charge in [-0.2, -0.15) is 0 Å². The molecule has 0 amide bonds. The number of hydrogen-bond acceptors (Lipinski definition) is 6. The van der Waals surface area contributed by atoms with Crippen LogP contribution >= 0.6 is 35.7 Å². The van der Waals surface area contributed by atoms with Crippen LogP contribution in [0.4, 0.5) is 0 Å². The molecule has 0 heterocycles. The Balaban J connectivity index is 5.24. The number of carboxylic acids is 1. The van der Waals surface area contributed by atoms with Gasteiger partial charge in [-0.15, -0.1) is 11.8 Å². The second-order valence-corrected chi connectivity index (χ2v) is 9.24. The molecule has 0 aliphatic carbocycles. The van der Waals surface area contributed by atoms with Crippen LogP contribution in [0.2, 0.25) is 0 Å². The lowest BCUT2D eigenvalue weighted by Gasteiger charge is -2.32. The van der Waals surface area contributed by atoms with E-state index in [9.17, 15) is 14.7 Å². The monoisotopic (exact) mass is 350 g/mol. The van der Waals surface area contributed by atoms with Crippen LogP contribution in [0.1, 0.15) is 34.1 Å². The highest BCUT2D eigenvalue weighted by atomic mass is 32.2. The molecule has 0 radical (unpaired) electrons. The Bertz CT molecular complexity index is 420. The molecule has 4 nitrogen and oxygen atoms in total. The normalized spacial score (nSPS) is 14.1. The van der Waals surface area contributed by atoms with Crippen LogP contribution in [0.3, 0.4) is 0 Å². The topological polar surface area (TPSA) is 63.6 Å². The molecule has 7 heteroatoms. The predicted octanol–water partition coefficient (Wildman–Crippen LogP) is 3.75. The third kappa shape index (κ3) is 6.84. The summed E-state index contributed by atoms with van der Waals surface area (Å²) in [5, 5.41) is 9.28. The maximum absolute atomic E-state index is 12.3. The molecule has 0 spiro atoms. The molecule has 1 unspecified atom stereocenters. The fourth-order valence-corrected chi connectivity index (χ4v) is 4.91. The zero-order chi connectivity index (χ0) is 16.7. The number of ether oxygens (including phenoxy) is 1. The summed E-state index contributed by atoms with van der Waals surface area (Å²) in [6.07, 6.45) is 1.60. The first-order valence-electron chi connectivity index (χ1n) is 6.46. The molecular formula is C14H22O4S3. The van der Waals surface area contributed by atoms with Gasteiger partial charge in [-0.05, 0) is 32.9 Å². The Hall–Kier alpha value is -0.530. The van der Waals surface area contributed by atoms with Crippen molar-refractivity contribution in [2.45, 2.75) is 38.9 Å². The predicted molar refractivity (Wildman–Crippen MR) is 93.9 cm³/mol. The number of esters is 1. The summed E-state index contributed by atoms with van der Waals surface area (Å²) in [6.45, 7) is 10.4. The van der Waals surface area contributed by atoms with Crippen molar-refractivity contribution in [3.8, 4) is 0 Å². The lowest BCUT2D eigenvalue weighted by molar-refractivity contribution is -0.150. The molecule has 0 rings (SSSR count). The van der Waals surface area contributed by atoms with Gasteiger partial charge >= 0.3 is 11.9 Å². The molecule has 1 atom stereocenters. The minimum absolute atomic E-state index is 0.0934. The minimum Gasteiger partial charge on any atom is -0.481 e. The number of rotatable bonds is 8. The lowest BCUT2D eigenvalue weighted by Crippen LogP contribution is -2.41. The van der Waals surface area contributed by atoms with Crippen molar-refractivity contribution >= 4 is 51.2 Å². The molecule has 0 fully saturated rings. The van der Waals surface area contributed by atoms with E-state index in [1.54, 1.807) is 20.8 Å². The third-order valence-corrected chi connectivity index (χ3v) is 5.35. The molecule has 0 saturated carbocycles. The molecule has 0 bridgehead atoms. The van der Waals surface area contributed by atoms with E-state index in [-0.39, 0.29) is 13.0 Å². The molecule has 21 heavy (non-hydrogen) atoms. The van der Waals surface area contributed by atoms with E-state index in [1.165, 1.54) is 29.6 Å². The third-order valence-electron chi connectivity index (χ3n) is 2.69. The van der Waals surface area contributed by atoms with Crippen molar-refractivity contribution < 1.29 is 19.4 Å². The second-order valence-electron chi connectivity index (χ2n) is 5.27. The summed E-state index contributed by atoms with van der Waals surface area (Å²) in [6, 6.07) is 0. The maximum atomic E-state index is 12.3. The first-order valence-corrected chi connectivity index (χ1v) is 8.67. The Kier molecular flexibility index (Phi) is 8.58. The van der Waals surface area contributed by atoms with Crippen molar-refractivity contribution in [1.29, 1.82) is 0 Å². The summed E-state index contributed by atoms with van der Waals surface area (Å²) in [5.41, 5.74) is -1.05. The summed E-state index contributed by atoms with van der Waals surface area (Å²) in [5.74, 6) is -0.632. The SMILES string of the molecule is C=CCOC(=O)C(C)(CC(C)(C)C(=O)O)SC(=S)SCC. The van der Waals surface area contributed by atoms with Crippen LogP contribution in [0.15, 0.2) is 12.7 Å². The van der Waals surface area contributed by atoms with E-state index in [0.29, 0.717) is 3.53 Å². The Morgan fingerprint density at radius 1 is 1.38 bits per heavy atom. The molecule has 0 aliphatic rings. The van der Waals surface area contributed by atoms with E-state index in [1.807, 2.05) is 6.92 Å². The van der Waals surface area contributed by atoms with Gasteiger partial charge in [0, 0.05) is 0 Å². The molecule has 0 saturated heterocycles. The highest BCUT2D eigenvalue weighted by molar-refractivity contribution is 8.47. The Morgan fingerprint density at radius 2 is 1.95 bits per heavy atom. The second kappa shape index (κ2) is 8.80. The molecule has 0 aromatic carbocycles. The number of thiocarbonyl (C=S) groups is 1. The van der Waals surface area contributed by atoms with Gasteiger partial charge in [0.05, 0.1) is 5.41 Å².